The highest BCUT2D eigenvalue weighted by Crippen LogP contribution is 2.47. The third kappa shape index (κ3) is 3.19. The van der Waals surface area contributed by atoms with Crippen molar-refractivity contribution in [2.24, 2.45) is 0 Å². The molecular weight excluding hydrogens is 326 g/mol. The first-order valence-electron chi connectivity index (χ1n) is 8.42. The summed E-state index contributed by atoms with van der Waals surface area (Å²) in [5.74, 6) is -0.00798. The van der Waals surface area contributed by atoms with E-state index in [9.17, 15) is 20.0 Å². The van der Waals surface area contributed by atoms with Crippen LogP contribution in [-0.4, -0.2) is 45.6 Å². The van der Waals surface area contributed by atoms with E-state index in [2.05, 4.69) is 10.2 Å². The van der Waals surface area contributed by atoms with Crippen molar-refractivity contribution < 1.29 is 19.6 Å². The highest BCUT2D eigenvalue weighted by atomic mass is 16.6. The fourth-order valence-electron chi connectivity index (χ4n) is 3.66. The van der Waals surface area contributed by atoms with Crippen molar-refractivity contribution in [1.29, 1.82) is 0 Å². The van der Waals surface area contributed by atoms with Gasteiger partial charge in [0.15, 0.2) is 0 Å². The molecule has 8 nitrogen and oxygen atoms in total. The molecule has 8 heteroatoms. The maximum atomic E-state index is 11.4. The maximum Gasteiger partial charge on any atom is 0.296 e. The molecule has 0 spiro atoms. The quantitative estimate of drug-likeness (QED) is 0.640. The van der Waals surface area contributed by atoms with Crippen LogP contribution in [0.15, 0.2) is 12.1 Å². The van der Waals surface area contributed by atoms with Gasteiger partial charge in [0.25, 0.3) is 5.69 Å². The number of rotatable bonds is 3. The lowest BCUT2D eigenvalue weighted by molar-refractivity contribution is -0.384. The van der Waals surface area contributed by atoms with Crippen molar-refractivity contribution in [2.45, 2.75) is 51.4 Å². The van der Waals surface area contributed by atoms with Gasteiger partial charge in [-0.15, -0.1) is 0 Å². The van der Waals surface area contributed by atoms with Crippen molar-refractivity contribution in [3.63, 3.8) is 0 Å². The van der Waals surface area contributed by atoms with E-state index in [1.54, 1.807) is 19.9 Å². The van der Waals surface area contributed by atoms with Gasteiger partial charge in [-0.3, -0.25) is 19.8 Å². The van der Waals surface area contributed by atoms with E-state index in [1.807, 2.05) is 0 Å². The number of hydrogen-bond donors (Lipinski definition) is 2. The topological polar surface area (TPSA) is 105 Å². The zero-order chi connectivity index (χ0) is 18.4. The van der Waals surface area contributed by atoms with Crippen molar-refractivity contribution in [1.82, 2.24) is 4.90 Å². The van der Waals surface area contributed by atoms with Gasteiger partial charge in [-0.1, -0.05) is 0 Å². The zero-order valence-corrected chi connectivity index (χ0v) is 14.6. The number of ether oxygens (including phenoxy) is 1. The van der Waals surface area contributed by atoms with Gasteiger partial charge >= 0.3 is 0 Å². The molecule has 2 unspecified atom stereocenters. The Morgan fingerprint density at radius 2 is 2.04 bits per heavy atom. The van der Waals surface area contributed by atoms with Crippen molar-refractivity contribution in [3.05, 3.63) is 27.8 Å². The number of aliphatic hydroxyl groups is 1. The molecule has 1 saturated heterocycles. The highest BCUT2D eigenvalue weighted by molar-refractivity contribution is 5.91. The molecule has 136 valence electrons. The second-order valence-corrected chi connectivity index (χ2v) is 7.18. The van der Waals surface area contributed by atoms with Crippen LogP contribution >= 0.6 is 0 Å². The lowest BCUT2D eigenvalue weighted by Crippen LogP contribution is -2.53. The first-order valence-corrected chi connectivity index (χ1v) is 8.42. The average molecular weight is 349 g/mol. The number of amides is 1. The minimum atomic E-state index is -0.871. The third-order valence-corrected chi connectivity index (χ3v) is 4.87. The van der Waals surface area contributed by atoms with Crippen LogP contribution in [0.25, 0.3) is 0 Å². The summed E-state index contributed by atoms with van der Waals surface area (Å²) < 4.78 is 5.88. The molecule has 2 aliphatic heterocycles. The van der Waals surface area contributed by atoms with E-state index in [1.165, 1.54) is 13.0 Å². The molecule has 2 atom stereocenters. The highest BCUT2D eigenvalue weighted by Gasteiger charge is 2.46. The van der Waals surface area contributed by atoms with Crippen LogP contribution in [0.2, 0.25) is 0 Å². The molecule has 0 radical (unpaired) electrons. The number of benzene rings is 1. The Kier molecular flexibility index (Phi) is 4.42. The molecule has 25 heavy (non-hydrogen) atoms. The molecular formula is C17H23N3O5. The zero-order valence-electron chi connectivity index (χ0n) is 14.6. The number of aliphatic hydroxyl groups excluding tert-OH is 1. The van der Waals surface area contributed by atoms with Crippen molar-refractivity contribution in [2.75, 3.05) is 18.4 Å². The third-order valence-electron chi connectivity index (χ3n) is 4.87. The van der Waals surface area contributed by atoms with E-state index < -0.39 is 22.5 Å². The van der Waals surface area contributed by atoms with Gasteiger partial charge in [0.05, 0.1) is 17.0 Å². The van der Waals surface area contributed by atoms with Crippen LogP contribution < -0.4 is 10.1 Å². The average Bonchev–Trinajstić information content (AvgIpc) is 3.01. The second kappa shape index (κ2) is 6.27. The first kappa shape index (κ1) is 17.6. The molecule has 0 aromatic heterocycles. The summed E-state index contributed by atoms with van der Waals surface area (Å²) in [4.78, 5) is 24.5. The van der Waals surface area contributed by atoms with Crippen LogP contribution in [0.3, 0.4) is 0 Å². The van der Waals surface area contributed by atoms with Gasteiger partial charge in [0.2, 0.25) is 5.91 Å². The van der Waals surface area contributed by atoms with E-state index in [-0.39, 0.29) is 17.4 Å². The normalized spacial score (nSPS) is 25.1. The second-order valence-electron chi connectivity index (χ2n) is 7.18. The molecule has 1 aromatic rings. The smallest absolute Gasteiger partial charge is 0.296 e. The predicted octanol–water partition coefficient (Wildman–Crippen LogP) is 2.22. The summed E-state index contributed by atoms with van der Waals surface area (Å²) in [6.07, 6.45) is 1.31. The van der Waals surface area contributed by atoms with E-state index in [0.717, 1.165) is 25.9 Å². The molecule has 0 aliphatic carbocycles. The molecule has 3 rings (SSSR count). The standard InChI is InChI=1S/C17H23N3O5/c1-10(21)18-12-8-11-14(9-13(12)20(23)24)25-17(2,3)16(22)15(11)19-6-4-5-7-19/h8-9,15-16,22H,4-7H2,1-3H3,(H,18,21). The van der Waals surface area contributed by atoms with Crippen LogP contribution in [0.5, 0.6) is 5.75 Å². The number of likely N-dealkylation sites (tertiary alicyclic amines) is 1. The molecule has 0 saturated carbocycles. The maximum absolute atomic E-state index is 11.4. The Hall–Kier alpha value is -2.19. The van der Waals surface area contributed by atoms with E-state index in [4.69, 9.17) is 4.74 Å². The fourth-order valence-corrected chi connectivity index (χ4v) is 3.66. The van der Waals surface area contributed by atoms with E-state index >= 15 is 0 Å². The van der Waals surface area contributed by atoms with Gasteiger partial charge in [0, 0.05) is 12.5 Å². The minimum Gasteiger partial charge on any atom is -0.484 e. The number of fused-ring (bicyclic) bond motifs is 1. The molecule has 1 amide bonds. The SMILES string of the molecule is CC(=O)Nc1cc2c(cc1[N+](=O)[O-])OC(C)(C)C(O)C2N1CCCC1. The van der Waals surface area contributed by atoms with Crippen molar-refractivity contribution in [3.8, 4) is 5.75 Å². The van der Waals surface area contributed by atoms with Gasteiger partial charge in [0.1, 0.15) is 23.1 Å². The Morgan fingerprint density at radius 1 is 1.40 bits per heavy atom. The Balaban J connectivity index is 2.15. The van der Waals surface area contributed by atoms with Gasteiger partial charge in [-0.05, 0) is 45.8 Å². The van der Waals surface area contributed by atoms with Crippen LogP contribution in [0.4, 0.5) is 11.4 Å². The number of nitrogens with zero attached hydrogens (tertiary/aromatic N) is 2. The fraction of sp³-hybridized carbons (Fsp3) is 0.588. The number of anilines is 1. The largest absolute Gasteiger partial charge is 0.484 e. The number of nitrogens with one attached hydrogen (secondary N) is 1. The van der Waals surface area contributed by atoms with Gasteiger partial charge in [-0.25, -0.2) is 0 Å². The minimum absolute atomic E-state index is 0.121. The first-order chi connectivity index (χ1) is 11.7. The predicted molar refractivity (Wildman–Crippen MR) is 91.7 cm³/mol. The van der Waals surface area contributed by atoms with Crippen LogP contribution in [-0.2, 0) is 4.79 Å². The van der Waals surface area contributed by atoms with Crippen molar-refractivity contribution >= 4 is 17.3 Å². The summed E-state index contributed by atoms with van der Waals surface area (Å²) in [7, 11) is 0. The number of carbonyl (C=O) groups is 1. The lowest BCUT2D eigenvalue weighted by atomic mass is 9.85. The molecule has 0 bridgehead atoms. The monoisotopic (exact) mass is 349 g/mol. The van der Waals surface area contributed by atoms with Crippen LogP contribution in [0.1, 0.15) is 45.2 Å². The summed E-state index contributed by atoms with van der Waals surface area (Å²) in [5.41, 5.74) is -0.302. The number of carbonyl (C=O) groups excluding carboxylic acids is 1. The van der Waals surface area contributed by atoms with Gasteiger partial charge in [-0.2, -0.15) is 0 Å². The molecule has 2 N–H and O–H groups in total. The lowest BCUT2D eigenvalue weighted by Gasteiger charge is -2.45. The van der Waals surface area contributed by atoms with Crippen LogP contribution in [0, 0.1) is 10.1 Å². The molecule has 2 aliphatic rings. The summed E-state index contributed by atoms with van der Waals surface area (Å²) in [5, 5.41) is 24.8. The number of nitro benzene ring substituents is 1. The Morgan fingerprint density at radius 3 is 2.60 bits per heavy atom. The summed E-state index contributed by atoms with van der Waals surface area (Å²) >= 11 is 0. The molecule has 2 heterocycles. The number of nitro groups is 1. The Labute approximate surface area is 145 Å². The van der Waals surface area contributed by atoms with Gasteiger partial charge < -0.3 is 15.2 Å². The van der Waals surface area contributed by atoms with E-state index in [0.29, 0.717) is 11.3 Å². The number of hydrogen-bond acceptors (Lipinski definition) is 6. The molecule has 1 fully saturated rings. The Bertz CT molecular complexity index is 712. The summed E-state index contributed by atoms with van der Waals surface area (Å²) in [6, 6.07) is 2.59. The summed E-state index contributed by atoms with van der Waals surface area (Å²) in [6.45, 7) is 6.55. The molecule has 1 aromatic carbocycles.